The summed E-state index contributed by atoms with van der Waals surface area (Å²) in [7, 11) is 1.67. The van der Waals surface area contributed by atoms with Gasteiger partial charge in [-0.15, -0.1) is 0 Å². The molecule has 2 N–H and O–H groups in total. The number of carbonyl (C=O) groups excluding carboxylic acids is 2. The number of hydrogen-bond donors (Lipinski definition) is 2. The van der Waals surface area contributed by atoms with Crippen molar-refractivity contribution in [2.45, 2.75) is 74.1 Å². The van der Waals surface area contributed by atoms with Crippen molar-refractivity contribution in [3.05, 3.63) is 0 Å². The van der Waals surface area contributed by atoms with Crippen LogP contribution in [0.3, 0.4) is 0 Å². The smallest absolute Gasteiger partial charge is 0.225 e. The largest absolute Gasteiger partial charge is 0.380 e. The quantitative estimate of drug-likeness (QED) is 0.635. The minimum absolute atomic E-state index is 0.116. The van der Waals surface area contributed by atoms with Gasteiger partial charge in [0.1, 0.15) is 0 Å². The van der Waals surface area contributed by atoms with E-state index in [4.69, 9.17) is 4.74 Å². The Bertz CT molecular complexity index is 279. The number of nitrogens with one attached hydrogen (secondary N) is 2. The molecule has 0 aliphatic rings. The van der Waals surface area contributed by atoms with E-state index < -0.39 is 0 Å². The van der Waals surface area contributed by atoms with Crippen LogP contribution in [-0.4, -0.2) is 38.6 Å². The third kappa shape index (κ3) is 18.9. The predicted molar refractivity (Wildman–Crippen MR) is 98.5 cm³/mol. The van der Waals surface area contributed by atoms with Crippen molar-refractivity contribution in [1.29, 1.82) is 0 Å². The van der Waals surface area contributed by atoms with Crippen molar-refractivity contribution in [3.63, 3.8) is 0 Å². The van der Waals surface area contributed by atoms with Gasteiger partial charge >= 0.3 is 0 Å². The highest BCUT2D eigenvalue weighted by atomic mass is 16.5. The fourth-order valence-corrected chi connectivity index (χ4v) is 1.32. The van der Waals surface area contributed by atoms with Crippen LogP contribution in [0.4, 0.5) is 0 Å². The maximum Gasteiger partial charge on any atom is 0.225 e. The lowest BCUT2D eigenvalue weighted by Crippen LogP contribution is -2.33. The summed E-state index contributed by atoms with van der Waals surface area (Å²) in [4.78, 5) is 21.9. The van der Waals surface area contributed by atoms with E-state index in [0.29, 0.717) is 19.6 Å². The van der Waals surface area contributed by atoms with Crippen LogP contribution in [0.25, 0.3) is 0 Å². The van der Waals surface area contributed by atoms with Gasteiger partial charge < -0.3 is 15.4 Å². The van der Waals surface area contributed by atoms with E-state index in [1.807, 2.05) is 41.5 Å². The zero-order valence-electron chi connectivity index (χ0n) is 16.7. The highest BCUT2D eigenvalue weighted by molar-refractivity contribution is 5.81. The Kier molecular flexibility index (Phi) is 22.1. The first-order valence-electron chi connectivity index (χ1n) is 8.92. The molecule has 0 spiro atoms. The molecule has 140 valence electrons. The first-order valence-corrected chi connectivity index (χ1v) is 8.92. The summed E-state index contributed by atoms with van der Waals surface area (Å²) in [6.07, 6.45) is 3.44. The van der Waals surface area contributed by atoms with Crippen LogP contribution in [-0.2, 0) is 14.3 Å². The molecule has 0 heterocycles. The molecule has 0 unspecified atom stereocenters. The number of rotatable bonds is 9. The Hall–Kier alpha value is -1.10. The van der Waals surface area contributed by atoms with Crippen molar-refractivity contribution in [2.24, 2.45) is 5.41 Å². The van der Waals surface area contributed by atoms with Gasteiger partial charge in [0.05, 0.1) is 6.61 Å². The molecule has 5 nitrogen and oxygen atoms in total. The van der Waals surface area contributed by atoms with Gasteiger partial charge in [0.15, 0.2) is 0 Å². The second-order valence-electron chi connectivity index (χ2n) is 5.53. The number of ether oxygens (including phenoxy) is 1. The second kappa shape index (κ2) is 18.9. The molecule has 0 saturated heterocycles. The van der Waals surface area contributed by atoms with Crippen molar-refractivity contribution in [2.75, 3.05) is 26.8 Å². The van der Waals surface area contributed by atoms with Gasteiger partial charge in [-0.25, -0.2) is 0 Å². The zero-order valence-corrected chi connectivity index (χ0v) is 16.7. The van der Waals surface area contributed by atoms with E-state index in [2.05, 4.69) is 17.6 Å². The fraction of sp³-hybridized carbons (Fsp3) is 0.889. The van der Waals surface area contributed by atoms with Gasteiger partial charge in [-0.2, -0.15) is 0 Å². The molecule has 2 amide bonds. The van der Waals surface area contributed by atoms with Gasteiger partial charge in [-0.1, -0.05) is 48.5 Å². The highest BCUT2D eigenvalue weighted by Crippen LogP contribution is 2.18. The van der Waals surface area contributed by atoms with E-state index in [9.17, 15) is 9.59 Å². The summed E-state index contributed by atoms with van der Waals surface area (Å²) in [5.41, 5.74) is -0.200. The first kappa shape index (κ1) is 26.8. The summed E-state index contributed by atoms with van der Waals surface area (Å²) in [5.74, 6) is 0.239. The van der Waals surface area contributed by atoms with E-state index >= 15 is 0 Å². The molecule has 0 saturated carbocycles. The molecule has 0 radical (unpaired) electrons. The van der Waals surface area contributed by atoms with E-state index in [0.717, 1.165) is 25.9 Å². The average molecular weight is 333 g/mol. The summed E-state index contributed by atoms with van der Waals surface area (Å²) >= 11 is 0. The summed E-state index contributed by atoms with van der Waals surface area (Å²) in [6, 6.07) is 0. The van der Waals surface area contributed by atoms with Gasteiger partial charge in [0.2, 0.25) is 11.8 Å². The van der Waals surface area contributed by atoms with Crippen molar-refractivity contribution >= 4 is 11.8 Å². The second-order valence-corrected chi connectivity index (χ2v) is 5.53. The molecule has 0 aliphatic carbocycles. The fourth-order valence-electron chi connectivity index (χ4n) is 1.32. The number of hydrogen-bond acceptors (Lipinski definition) is 3. The molecular formula is C18H40N2O3. The molecule has 0 bridgehead atoms. The Morgan fingerprint density at radius 2 is 1.57 bits per heavy atom. The first-order chi connectivity index (χ1) is 10.9. The summed E-state index contributed by atoms with van der Waals surface area (Å²) < 4.78 is 5.20. The Morgan fingerprint density at radius 1 is 1.00 bits per heavy atom. The lowest BCUT2D eigenvalue weighted by atomic mass is 9.89. The summed E-state index contributed by atoms with van der Waals surface area (Å²) in [6.45, 7) is 16.0. The Balaban J connectivity index is -0.000000324. The third-order valence-electron chi connectivity index (χ3n) is 3.12. The maximum atomic E-state index is 11.0. The van der Waals surface area contributed by atoms with Crippen LogP contribution in [0.2, 0.25) is 0 Å². The molecule has 0 aromatic carbocycles. The van der Waals surface area contributed by atoms with Crippen LogP contribution >= 0.6 is 0 Å². The molecule has 0 fully saturated rings. The number of amides is 2. The van der Waals surface area contributed by atoms with Gasteiger partial charge in [-0.05, 0) is 19.3 Å². The van der Waals surface area contributed by atoms with Crippen molar-refractivity contribution in [3.8, 4) is 0 Å². The van der Waals surface area contributed by atoms with Gasteiger partial charge in [0, 0.05) is 32.0 Å². The van der Waals surface area contributed by atoms with Crippen molar-refractivity contribution < 1.29 is 14.3 Å². The minimum Gasteiger partial charge on any atom is -0.380 e. The van der Waals surface area contributed by atoms with Crippen LogP contribution in [0.5, 0.6) is 0 Å². The normalized spacial score (nSPS) is 9.74. The monoisotopic (exact) mass is 332 g/mol. The number of carbonyl (C=O) groups is 2. The SMILES string of the molecule is CC.CCC(C)(C)C(=O)NC.CCCOCCNC(=O)CCC. The van der Waals surface area contributed by atoms with Crippen LogP contribution < -0.4 is 10.6 Å². The summed E-state index contributed by atoms with van der Waals surface area (Å²) in [5, 5.41) is 5.40. The molecule has 0 aliphatic heterocycles. The minimum atomic E-state index is -0.200. The average Bonchev–Trinajstić information content (AvgIpc) is 2.56. The molecule has 0 rings (SSSR count). The third-order valence-corrected chi connectivity index (χ3v) is 3.12. The van der Waals surface area contributed by atoms with E-state index in [1.165, 1.54) is 0 Å². The van der Waals surface area contributed by atoms with Crippen LogP contribution in [0.1, 0.15) is 74.1 Å². The van der Waals surface area contributed by atoms with Crippen molar-refractivity contribution in [1.82, 2.24) is 10.6 Å². The van der Waals surface area contributed by atoms with Crippen LogP contribution in [0, 0.1) is 5.41 Å². The van der Waals surface area contributed by atoms with Crippen LogP contribution in [0.15, 0.2) is 0 Å². The lowest BCUT2D eigenvalue weighted by molar-refractivity contribution is -0.129. The van der Waals surface area contributed by atoms with E-state index in [-0.39, 0.29) is 17.2 Å². The molecule has 0 aromatic heterocycles. The Morgan fingerprint density at radius 3 is 1.91 bits per heavy atom. The Labute approximate surface area is 143 Å². The topological polar surface area (TPSA) is 67.4 Å². The molecule has 0 aromatic rings. The molecular weight excluding hydrogens is 292 g/mol. The molecule has 5 heteroatoms. The van der Waals surface area contributed by atoms with E-state index in [1.54, 1.807) is 7.05 Å². The van der Waals surface area contributed by atoms with Gasteiger partial charge in [-0.3, -0.25) is 9.59 Å². The molecule has 23 heavy (non-hydrogen) atoms. The lowest BCUT2D eigenvalue weighted by Gasteiger charge is -2.19. The maximum absolute atomic E-state index is 11.0. The molecule has 0 atom stereocenters. The zero-order chi connectivity index (χ0) is 18.7. The highest BCUT2D eigenvalue weighted by Gasteiger charge is 2.23. The standard InChI is InChI=1S/C9H19NO2.C7H15NO.C2H6/c1-3-5-9(11)10-6-8-12-7-4-2;1-5-7(2,3)6(9)8-4;1-2/h3-8H2,1-2H3,(H,10,11);5H2,1-4H3,(H,8,9);1-2H3. The van der Waals surface area contributed by atoms with Gasteiger partial charge in [0.25, 0.3) is 0 Å². The predicted octanol–water partition coefficient (Wildman–Crippen LogP) is 3.52.